The van der Waals surface area contributed by atoms with Gasteiger partial charge in [-0.25, -0.2) is 4.98 Å². The van der Waals surface area contributed by atoms with E-state index in [1.165, 1.54) is 0 Å². The van der Waals surface area contributed by atoms with E-state index < -0.39 is 0 Å². The van der Waals surface area contributed by atoms with Gasteiger partial charge in [0, 0.05) is 11.6 Å². The van der Waals surface area contributed by atoms with Crippen molar-refractivity contribution in [2.75, 3.05) is 13.2 Å². The summed E-state index contributed by atoms with van der Waals surface area (Å²) in [6, 6.07) is 14.8. The molecule has 1 atom stereocenters. The van der Waals surface area contributed by atoms with Crippen LogP contribution in [0.4, 0.5) is 0 Å². The zero-order valence-electron chi connectivity index (χ0n) is 14.7. The van der Waals surface area contributed by atoms with Gasteiger partial charge in [0.1, 0.15) is 11.8 Å². The lowest BCUT2D eigenvalue weighted by atomic mass is 10.2. The quantitative estimate of drug-likeness (QED) is 0.603. The smallest absolute Gasteiger partial charge is 0.242 e. The van der Waals surface area contributed by atoms with E-state index in [0.717, 1.165) is 29.6 Å². The van der Waals surface area contributed by atoms with Crippen molar-refractivity contribution >= 4 is 28.5 Å². The summed E-state index contributed by atoms with van der Waals surface area (Å²) in [5.41, 5.74) is 1.86. The van der Waals surface area contributed by atoms with Gasteiger partial charge < -0.3 is 14.6 Å². The second-order valence-electron chi connectivity index (χ2n) is 6.12. The monoisotopic (exact) mass is 371 g/mol. The second kappa shape index (κ2) is 8.72. The molecule has 0 aliphatic carbocycles. The van der Waals surface area contributed by atoms with E-state index in [1.54, 1.807) is 18.5 Å². The lowest BCUT2D eigenvalue weighted by molar-refractivity contribution is -0.123. The first kappa shape index (κ1) is 18.3. The molecular formula is C20H22ClN3O2. The van der Waals surface area contributed by atoms with Gasteiger partial charge in [-0.05, 0) is 56.2 Å². The number of unbranched alkanes of at least 4 members (excludes halogenated alkanes) is 1. The van der Waals surface area contributed by atoms with Crippen LogP contribution in [0.15, 0.2) is 54.9 Å². The highest BCUT2D eigenvalue weighted by Crippen LogP contribution is 2.17. The van der Waals surface area contributed by atoms with Crippen molar-refractivity contribution in [1.29, 1.82) is 0 Å². The number of hydrogen-bond acceptors (Lipinski definition) is 3. The SMILES string of the molecule is C[C@H](C(=O)NCCCCOc1ccc(Cl)cc1)n1cnc2ccccc21. The number of imidazole rings is 1. The molecule has 0 fully saturated rings. The Balaban J connectivity index is 1.39. The van der Waals surface area contributed by atoms with Gasteiger partial charge in [0.25, 0.3) is 0 Å². The van der Waals surface area contributed by atoms with Crippen LogP contribution in [0.3, 0.4) is 0 Å². The molecule has 3 rings (SSSR count). The second-order valence-corrected chi connectivity index (χ2v) is 6.55. The fourth-order valence-corrected chi connectivity index (χ4v) is 2.85. The number of amides is 1. The van der Waals surface area contributed by atoms with Crippen molar-refractivity contribution in [3.05, 3.63) is 59.9 Å². The maximum Gasteiger partial charge on any atom is 0.242 e. The molecule has 26 heavy (non-hydrogen) atoms. The molecule has 6 heteroatoms. The maximum atomic E-state index is 12.4. The Kier molecular flexibility index (Phi) is 6.12. The fourth-order valence-electron chi connectivity index (χ4n) is 2.72. The highest BCUT2D eigenvalue weighted by atomic mass is 35.5. The molecule has 1 heterocycles. The highest BCUT2D eigenvalue weighted by Gasteiger charge is 2.16. The van der Waals surface area contributed by atoms with E-state index in [2.05, 4.69) is 10.3 Å². The normalized spacial score (nSPS) is 12.1. The minimum atomic E-state index is -0.298. The van der Waals surface area contributed by atoms with Crippen molar-refractivity contribution in [3.8, 4) is 5.75 Å². The molecule has 136 valence electrons. The number of nitrogens with one attached hydrogen (secondary N) is 1. The summed E-state index contributed by atoms with van der Waals surface area (Å²) in [5.74, 6) is 0.797. The van der Waals surface area contributed by atoms with Gasteiger partial charge in [-0.1, -0.05) is 23.7 Å². The third-order valence-corrected chi connectivity index (χ3v) is 4.48. The van der Waals surface area contributed by atoms with Crippen LogP contribution in [0.25, 0.3) is 11.0 Å². The molecule has 1 amide bonds. The predicted molar refractivity (Wildman–Crippen MR) is 104 cm³/mol. The molecular weight excluding hydrogens is 350 g/mol. The number of benzene rings is 2. The molecule has 3 aromatic rings. The Morgan fingerprint density at radius 3 is 2.77 bits per heavy atom. The van der Waals surface area contributed by atoms with Crippen molar-refractivity contribution in [2.24, 2.45) is 0 Å². The van der Waals surface area contributed by atoms with Crippen LogP contribution >= 0.6 is 11.6 Å². The minimum absolute atomic E-state index is 0.00762. The molecule has 2 aromatic carbocycles. The summed E-state index contributed by atoms with van der Waals surface area (Å²) >= 11 is 5.84. The third-order valence-electron chi connectivity index (χ3n) is 4.23. The van der Waals surface area contributed by atoms with Gasteiger partial charge in [-0.2, -0.15) is 0 Å². The van der Waals surface area contributed by atoms with Gasteiger partial charge in [0.05, 0.1) is 24.0 Å². The fraction of sp³-hybridized carbons (Fsp3) is 0.300. The van der Waals surface area contributed by atoms with Crippen LogP contribution in [0.2, 0.25) is 5.02 Å². The standard InChI is InChI=1S/C20H22ClN3O2/c1-15(24-14-23-18-6-2-3-7-19(18)24)20(25)22-12-4-5-13-26-17-10-8-16(21)9-11-17/h2-3,6-11,14-15H,4-5,12-13H2,1H3,(H,22,25)/t15-/m1/s1. The van der Waals surface area contributed by atoms with E-state index in [-0.39, 0.29) is 11.9 Å². The summed E-state index contributed by atoms with van der Waals surface area (Å²) in [6.07, 6.45) is 3.44. The molecule has 0 radical (unpaired) electrons. The van der Waals surface area contributed by atoms with Gasteiger partial charge in [0.15, 0.2) is 0 Å². The molecule has 0 unspecified atom stereocenters. The molecule has 0 saturated carbocycles. The first-order valence-electron chi connectivity index (χ1n) is 8.73. The Morgan fingerprint density at radius 1 is 1.19 bits per heavy atom. The van der Waals surface area contributed by atoms with Gasteiger partial charge in [-0.3, -0.25) is 4.79 Å². The lowest BCUT2D eigenvalue weighted by Crippen LogP contribution is -2.31. The van der Waals surface area contributed by atoms with Crippen LogP contribution in [-0.4, -0.2) is 28.6 Å². The molecule has 1 aromatic heterocycles. The number of carbonyl (C=O) groups is 1. The van der Waals surface area contributed by atoms with Crippen molar-refractivity contribution in [3.63, 3.8) is 0 Å². The molecule has 0 spiro atoms. The minimum Gasteiger partial charge on any atom is -0.494 e. The summed E-state index contributed by atoms with van der Waals surface area (Å²) in [7, 11) is 0. The highest BCUT2D eigenvalue weighted by molar-refractivity contribution is 6.30. The van der Waals surface area contributed by atoms with Gasteiger partial charge >= 0.3 is 0 Å². The van der Waals surface area contributed by atoms with E-state index in [4.69, 9.17) is 16.3 Å². The first-order valence-corrected chi connectivity index (χ1v) is 9.10. The number of fused-ring (bicyclic) bond motifs is 1. The average Bonchev–Trinajstić information content (AvgIpc) is 3.09. The Hall–Kier alpha value is -2.53. The summed E-state index contributed by atoms with van der Waals surface area (Å²) in [4.78, 5) is 16.7. The van der Waals surface area contributed by atoms with Gasteiger partial charge in [-0.15, -0.1) is 0 Å². The van der Waals surface area contributed by atoms with Crippen LogP contribution < -0.4 is 10.1 Å². The van der Waals surface area contributed by atoms with Crippen LogP contribution in [-0.2, 0) is 4.79 Å². The van der Waals surface area contributed by atoms with Crippen molar-refractivity contribution in [1.82, 2.24) is 14.9 Å². The number of hydrogen-bond donors (Lipinski definition) is 1. The summed E-state index contributed by atoms with van der Waals surface area (Å²) < 4.78 is 7.54. The number of nitrogens with zero attached hydrogens (tertiary/aromatic N) is 2. The molecule has 0 saturated heterocycles. The number of carbonyl (C=O) groups excluding carboxylic acids is 1. The predicted octanol–water partition coefficient (Wildman–Crippen LogP) is 4.23. The number of aromatic nitrogens is 2. The first-order chi connectivity index (χ1) is 12.6. The summed E-state index contributed by atoms with van der Waals surface area (Å²) in [6.45, 7) is 3.12. The van der Waals surface area contributed by atoms with E-state index in [0.29, 0.717) is 18.2 Å². The van der Waals surface area contributed by atoms with Crippen LogP contribution in [0, 0.1) is 0 Å². The molecule has 0 bridgehead atoms. The largest absolute Gasteiger partial charge is 0.494 e. The number of rotatable bonds is 8. The van der Waals surface area contributed by atoms with E-state index in [9.17, 15) is 4.79 Å². The molecule has 0 aliphatic rings. The van der Waals surface area contributed by atoms with E-state index >= 15 is 0 Å². The number of halogens is 1. The molecule has 1 N–H and O–H groups in total. The number of para-hydroxylation sites is 2. The number of ether oxygens (including phenoxy) is 1. The lowest BCUT2D eigenvalue weighted by Gasteiger charge is -2.14. The summed E-state index contributed by atoms with van der Waals surface area (Å²) in [5, 5.41) is 3.68. The van der Waals surface area contributed by atoms with Crippen LogP contribution in [0.5, 0.6) is 5.75 Å². The molecule has 5 nitrogen and oxygen atoms in total. The zero-order chi connectivity index (χ0) is 18.4. The van der Waals surface area contributed by atoms with E-state index in [1.807, 2.05) is 47.9 Å². The Bertz CT molecular complexity index is 861. The Labute approximate surface area is 157 Å². The van der Waals surface area contributed by atoms with Crippen molar-refractivity contribution in [2.45, 2.75) is 25.8 Å². The average molecular weight is 372 g/mol. The maximum absolute atomic E-state index is 12.4. The van der Waals surface area contributed by atoms with Crippen molar-refractivity contribution < 1.29 is 9.53 Å². The topological polar surface area (TPSA) is 56.1 Å². The Morgan fingerprint density at radius 2 is 1.96 bits per heavy atom. The zero-order valence-corrected chi connectivity index (χ0v) is 15.4. The third kappa shape index (κ3) is 4.55. The van der Waals surface area contributed by atoms with Gasteiger partial charge in [0.2, 0.25) is 5.91 Å². The van der Waals surface area contributed by atoms with Crippen LogP contribution in [0.1, 0.15) is 25.8 Å². The molecule has 0 aliphatic heterocycles.